The van der Waals surface area contributed by atoms with Gasteiger partial charge in [0.1, 0.15) is 17.9 Å². The van der Waals surface area contributed by atoms with E-state index in [1.807, 2.05) is 24.4 Å². The second-order valence-electron chi connectivity index (χ2n) is 6.23. The molecule has 0 atom stereocenters. The zero-order valence-corrected chi connectivity index (χ0v) is 13.9. The van der Waals surface area contributed by atoms with Crippen molar-refractivity contribution in [3.05, 3.63) is 54.5 Å². The van der Waals surface area contributed by atoms with Gasteiger partial charge in [-0.3, -0.25) is 4.68 Å². The molecule has 124 valence electrons. The molecule has 1 aliphatic heterocycles. The summed E-state index contributed by atoms with van der Waals surface area (Å²) in [4.78, 5) is 11.4. The lowest BCUT2D eigenvalue weighted by Crippen LogP contribution is -2.26. The maximum atomic E-state index is 5.25. The Morgan fingerprint density at radius 2 is 1.92 bits per heavy atom. The third kappa shape index (κ3) is 2.21. The first-order valence-corrected chi connectivity index (χ1v) is 8.30. The number of aromatic nitrogens is 4. The maximum Gasteiger partial charge on any atom is 0.142 e. The van der Waals surface area contributed by atoms with Crippen LogP contribution in [0.25, 0.3) is 21.8 Å². The van der Waals surface area contributed by atoms with Gasteiger partial charge in [0.15, 0.2) is 0 Å². The van der Waals surface area contributed by atoms with Crippen molar-refractivity contribution in [2.24, 2.45) is 0 Å². The number of hydrogen-bond donors (Lipinski definition) is 0. The minimum atomic E-state index is 0.789. The standard InChI is InChI=1S/C19H17N5O/c1-25-15-5-2-13(3-6-15)11-23-8-9-24-18-14(10-22-24)4-7-16-17(18)19(23)21-12-20-16/h2-7,10,12H,8-9,11H2,1H3. The van der Waals surface area contributed by atoms with E-state index in [2.05, 4.69) is 42.8 Å². The molecule has 0 unspecified atom stereocenters. The summed E-state index contributed by atoms with van der Waals surface area (Å²) in [5, 5.41) is 6.77. The van der Waals surface area contributed by atoms with E-state index < -0.39 is 0 Å². The zero-order valence-electron chi connectivity index (χ0n) is 13.9. The van der Waals surface area contributed by atoms with Crippen LogP contribution in [0.4, 0.5) is 5.82 Å². The van der Waals surface area contributed by atoms with Crippen LogP contribution in [0.2, 0.25) is 0 Å². The first-order valence-electron chi connectivity index (χ1n) is 8.30. The molecule has 0 N–H and O–H groups in total. The van der Waals surface area contributed by atoms with Gasteiger partial charge in [0.25, 0.3) is 0 Å². The average molecular weight is 331 g/mol. The second kappa shape index (κ2) is 5.44. The summed E-state index contributed by atoms with van der Waals surface area (Å²) in [6.07, 6.45) is 3.57. The van der Waals surface area contributed by atoms with Gasteiger partial charge < -0.3 is 9.64 Å². The molecule has 3 heterocycles. The molecule has 0 radical (unpaired) electrons. The Morgan fingerprint density at radius 1 is 1.04 bits per heavy atom. The van der Waals surface area contributed by atoms with Crippen LogP contribution in [0.15, 0.2) is 48.9 Å². The van der Waals surface area contributed by atoms with Crippen LogP contribution in [0.5, 0.6) is 5.75 Å². The Labute approximate surface area is 144 Å². The zero-order chi connectivity index (χ0) is 16.8. The Kier molecular flexibility index (Phi) is 3.09. The Hall–Kier alpha value is -3.15. The highest BCUT2D eigenvalue weighted by Gasteiger charge is 2.21. The molecule has 0 fully saturated rings. The number of hydrogen-bond acceptors (Lipinski definition) is 5. The molecule has 1 aliphatic rings. The normalized spacial score (nSPS) is 13.6. The van der Waals surface area contributed by atoms with Gasteiger partial charge in [0.05, 0.1) is 36.3 Å². The minimum absolute atomic E-state index is 0.789. The molecule has 2 aromatic heterocycles. The SMILES string of the molecule is COc1ccc(CN2CCn3ncc4ccc5ncnc2c5c43)cc1. The van der Waals surface area contributed by atoms with Crippen molar-refractivity contribution in [3.8, 4) is 5.75 Å². The lowest BCUT2D eigenvalue weighted by molar-refractivity contribution is 0.414. The second-order valence-corrected chi connectivity index (χ2v) is 6.23. The number of methoxy groups -OCH3 is 1. The lowest BCUT2D eigenvalue weighted by Gasteiger charge is -2.23. The van der Waals surface area contributed by atoms with Crippen molar-refractivity contribution in [3.63, 3.8) is 0 Å². The Bertz CT molecular complexity index is 1070. The molecule has 0 bridgehead atoms. The summed E-state index contributed by atoms with van der Waals surface area (Å²) in [7, 11) is 1.68. The van der Waals surface area contributed by atoms with Crippen molar-refractivity contribution in [1.82, 2.24) is 19.7 Å². The largest absolute Gasteiger partial charge is 0.497 e. The molecule has 5 rings (SSSR count). The van der Waals surface area contributed by atoms with Crippen LogP contribution in [0.1, 0.15) is 5.56 Å². The van der Waals surface area contributed by atoms with Crippen molar-refractivity contribution in [1.29, 1.82) is 0 Å². The van der Waals surface area contributed by atoms with E-state index in [1.165, 1.54) is 5.56 Å². The van der Waals surface area contributed by atoms with Gasteiger partial charge >= 0.3 is 0 Å². The van der Waals surface area contributed by atoms with E-state index in [1.54, 1.807) is 13.4 Å². The first-order chi connectivity index (χ1) is 12.3. The molecule has 0 saturated heterocycles. The molecule has 0 aliphatic carbocycles. The van der Waals surface area contributed by atoms with E-state index in [0.717, 1.165) is 53.0 Å². The molecule has 0 amide bonds. The number of nitrogens with zero attached hydrogens (tertiary/aromatic N) is 5. The summed E-state index contributed by atoms with van der Waals surface area (Å²) < 4.78 is 7.32. The van der Waals surface area contributed by atoms with E-state index in [4.69, 9.17) is 4.74 Å². The third-order valence-electron chi connectivity index (χ3n) is 4.80. The summed E-state index contributed by atoms with van der Waals surface area (Å²) in [5.74, 6) is 1.85. The summed E-state index contributed by atoms with van der Waals surface area (Å²) in [6.45, 7) is 2.47. The van der Waals surface area contributed by atoms with Crippen molar-refractivity contribution < 1.29 is 4.74 Å². The fourth-order valence-corrected chi connectivity index (χ4v) is 3.54. The van der Waals surface area contributed by atoms with E-state index in [-0.39, 0.29) is 0 Å². The van der Waals surface area contributed by atoms with E-state index in [0.29, 0.717) is 0 Å². The smallest absolute Gasteiger partial charge is 0.142 e. The van der Waals surface area contributed by atoms with E-state index >= 15 is 0 Å². The third-order valence-corrected chi connectivity index (χ3v) is 4.80. The van der Waals surface area contributed by atoms with Gasteiger partial charge in [-0.25, -0.2) is 9.97 Å². The lowest BCUT2D eigenvalue weighted by atomic mass is 10.1. The topological polar surface area (TPSA) is 56.1 Å². The summed E-state index contributed by atoms with van der Waals surface area (Å²) in [6, 6.07) is 12.3. The van der Waals surface area contributed by atoms with Gasteiger partial charge in [0, 0.05) is 18.5 Å². The number of ether oxygens (including phenoxy) is 1. The molecule has 0 spiro atoms. The van der Waals surface area contributed by atoms with Gasteiger partial charge in [-0.15, -0.1) is 0 Å². The molecular weight excluding hydrogens is 314 g/mol. The van der Waals surface area contributed by atoms with Gasteiger partial charge in [-0.2, -0.15) is 5.10 Å². The highest BCUT2D eigenvalue weighted by atomic mass is 16.5. The first kappa shape index (κ1) is 14.2. The Balaban J connectivity index is 1.63. The number of anilines is 1. The predicted octanol–water partition coefficient (Wildman–Crippen LogP) is 3.01. The van der Waals surface area contributed by atoms with Crippen LogP contribution >= 0.6 is 0 Å². The van der Waals surface area contributed by atoms with Crippen LogP contribution in [-0.2, 0) is 13.1 Å². The number of rotatable bonds is 3. The van der Waals surface area contributed by atoms with Crippen LogP contribution in [0, 0.1) is 0 Å². The average Bonchev–Trinajstić information content (AvgIpc) is 3.01. The van der Waals surface area contributed by atoms with E-state index in [9.17, 15) is 0 Å². The molecule has 2 aromatic carbocycles. The molecule has 25 heavy (non-hydrogen) atoms. The minimum Gasteiger partial charge on any atom is -0.497 e. The Morgan fingerprint density at radius 3 is 2.76 bits per heavy atom. The molecular formula is C19H17N5O. The van der Waals surface area contributed by atoms with Crippen LogP contribution in [0.3, 0.4) is 0 Å². The summed E-state index contributed by atoms with van der Waals surface area (Å²) >= 11 is 0. The molecule has 0 saturated carbocycles. The number of benzene rings is 2. The molecule has 6 nitrogen and oxygen atoms in total. The highest BCUT2D eigenvalue weighted by molar-refractivity contribution is 6.09. The fraction of sp³-hybridized carbons (Fsp3) is 0.211. The van der Waals surface area contributed by atoms with Gasteiger partial charge in [-0.1, -0.05) is 12.1 Å². The van der Waals surface area contributed by atoms with Gasteiger partial charge in [-0.05, 0) is 29.8 Å². The predicted molar refractivity (Wildman–Crippen MR) is 96.9 cm³/mol. The van der Waals surface area contributed by atoms with Crippen molar-refractivity contribution in [2.45, 2.75) is 13.1 Å². The quantitative estimate of drug-likeness (QED) is 0.578. The molecule has 4 aromatic rings. The van der Waals surface area contributed by atoms with Crippen molar-refractivity contribution in [2.75, 3.05) is 18.6 Å². The van der Waals surface area contributed by atoms with Crippen molar-refractivity contribution >= 4 is 27.6 Å². The van der Waals surface area contributed by atoms with Crippen LogP contribution in [-0.4, -0.2) is 33.4 Å². The molecule has 6 heteroatoms. The monoisotopic (exact) mass is 331 g/mol. The maximum absolute atomic E-state index is 5.25. The highest BCUT2D eigenvalue weighted by Crippen LogP contribution is 2.33. The van der Waals surface area contributed by atoms with Crippen LogP contribution < -0.4 is 9.64 Å². The van der Waals surface area contributed by atoms with Gasteiger partial charge in [0.2, 0.25) is 0 Å². The fourth-order valence-electron chi connectivity index (χ4n) is 3.54. The summed E-state index contributed by atoms with van der Waals surface area (Å²) in [5.41, 5.74) is 3.31.